The van der Waals surface area contributed by atoms with Gasteiger partial charge >= 0.3 is 0 Å². The molecule has 1 heteroatoms. The number of ether oxygens (including phenoxy) is 1. The highest BCUT2D eigenvalue weighted by molar-refractivity contribution is 4.98. The van der Waals surface area contributed by atoms with Gasteiger partial charge in [0.1, 0.15) is 0 Å². The van der Waals surface area contributed by atoms with Gasteiger partial charge in [0.2, 0.25) is 0 Å². The Kier molecular flexibility index (Phi) is 5.75. The highest BCUT2D eigenvalue weighted by Crippen LogP contribution is 2.28. The van der Waals surface area contributed by atoms with Crippen molar-refractivity contribution < 1.29 is 4.74 Å². The summed E-state index contributed by atoms with van der Waals surface area (Å²) in [6, 6.07) is 0. The van der Waals surface area contributed by atoms with Crippen LogP contribution in [0, 0.1) is 17.8 Å². The molecule has 0 heterocycles. The average Bonchev–Trinajstić information content (AvgIpc) is 2.40. The van der Waals surface area contributed by atoms with E-state index in [1.165, 1.54) is 51.4 Å². The zero-order valence-electron chi connectivity index (χ0n) is 12.2. The van der Waals surface area contributed by atoms with Crippen LogP contribution >= 0.6 is 0 Å². The SMILES string of the molecule is CCCC1C=CC(COC2CCC(C)CC2)CC1. The molecule has 0 radical (unpaired) electrons. The zero-order chi connectivity index (χ0) is 12.8. The van der Waals surface area contributed by atoms with Crippen LogP contribution in [0.3, 0.4) is 0 Å². The summed E-state index contributed by atoms with van der Waals surface area (Å²) in [4.78, 5) is 0. The monoisotopic (exact) mass is 250 g/mol. The van der Waals surface area contributed by atoms with Gasteiger partial charge in [-0.2, -0.15) is 0 Å². The summed E-state index contributed by atoms with van der Waals surface area (Å²) in [5, 5.41) is 0. The van der Waals surface area contributed by atoms with E-state index in [2.05, 4.69) is 26.0 Å². The van der Waals surface area contributed by atoms with E-state index in [9.17, 15) is 0 Å². The van der Waals surface area contributed by atoms with Crippen LogP contribution in [0.25, 0.3) is 0 Å². The molecular weight excluding hydrogens is 220 g/mol. The Labute approximate surface area is 113 Å². The molecular formula is C17H30O. The Hall–Kier alpha value is -0.300. The maximum Gasteiger partial charge on any atom is 0.0575 e. The molecule has 2 atom stereocenters. The molecule has 2 unspecified atom stereocenters. The molecule has 1 fully saturated rings. The van der Waals surface area contributed by atoms with Gasteiger partial charge in [-0.05, 0) is 56.8 Å². The van der Waals surface area contributed by atoms with Crippen molar-refractivity contribution in [3.8, 4) is 0 Å². The molecule has 2 aliphatic rings. The van der Waals surface area contributed by atoms with Crippen molar-refractivity contribution in [2.75, 3.05) is 6.61 Å². The Balaban J connectivity index is 1.64. The number of allylic oxidation sites excluding steroid dienone is 1. The highest BCUT2D eigenvalue weighted by Gasteiger charge is 2.21. The second kappa shape index (κ2) is 7.33. The van der Waals surface area contributed by atoms with Gasteiger partial charge in [-0.25, -0.2) is 0 Å². The molecule has 0 N–H and O–H groups in total. The van der Waals surface area contributed by atoms with E-state index in [4.69, 9.17) is 4.74 Å². The molecule has 2 aliphatic carbocycles. The quantitative estimate of drug-likeness (QED) is 0.626. The standard InChI is InChI=1S/C17H30O/c1-3-4-15-7-9-16(10-8-15)13-18-17-11-5-14(2)6-12-17/h7,9,14-17H,3-6,8,10-13H2,1-2H3. The van der Waals surface area contributed by atoms with Crippen molar-refractivity contribution in [2.24, 2.45) is 17.8 Å². The third-order valence-corrected chi connectivity index (χ3v) is 4.73. The predicted molar refractivity (Wildman–Crippen MR) is 77.6 cm³/mol. The van der Waals surface area contributed by atoms with Gasteiger partial charge in [0.05, 0.1) is 12.7 Å². The molecule has 104 valence electrons. The maximum absolute atomic E-state index is 6.11. The van der Waals surface area contributed by atoms with Crippen molar-refractivity contribution in [2.45, 2.75) is 71.3 Å². The van der Waals surface area contributed by atoms with Crippen LogP contribution in [0.1, 0.15) is 65.2 Å². The van der Waals surface area contributed by atoms with Gasteiger partial charge in [0, 0.05) is 5.92 Å². The lowest BCUT2D eigenvalue weighted by atomic mass is 9.86. The molecule has 2 rings (SSSR count). The van der Waals surface area contributed by atoms with E-state index in [0.717, 1.165) is 18.4 Å². The van der Waals surface area contributed by atoms with E-state index >= 15 is 0 Å². The molecule has 0 aromatic carbocycles. The van der Waals surface area contributed by atoms with E-state index < -0.39 is 0 Å². The van der Waals surface area contributed by atoms with Crippen LogP contribution < -0.4 is 0 Å². The summed E-state index contributed by atoms with van der Waals surface area (Å²) in [5.74, 6) is 2.47. The van der Waals surface area contributed by atoms with Crippen LogP contribution in [0.4, 0.5) is 0 Å². The summed E-state index contributed by atoms with van der Waals surface area (Å²) in [6.45, 7) is 5.62. The topological polar surface area (TPSA) is 9.23 Å². The molecule has 18 heavy (non-hydrogen) atoms. The zero-order valence-corrected chi connectivity index (χ0v) is 12.2. The smallest absolute Gasteiger partial charge is 0.0575 e. The fourth-order valence-electron chi connectivity index (χ4n) is 3.34. The number of hydrogen-bond acceptors (Lipinski definition) is 1. The van der Waals surface area contributed by atoms with Crippen molar-refractivity contribution in [1.82, 2.24) is 0 Å². The lowest BCUT2D eigenvalue weighted by Gasteiger charge is -2.29. The molecule has 1 saturated carbocycles. The summed E-state index contributed by atoms with van der Waals surface area (Å²) < 4.78 is 6.11. The van der Waals surface area contributed by atoms with E-state index in [1.54, 1.807) is 0 Å². The number of rotatable bonds is 5. The van der Waals surface area contributed by atoms with E-state index in [-0.39, 0.29) is 0 Å². The molecule has 1 nitrogen and oxygen atoms in total. The maximum atomic E-state index is 6.11. The summed E-state index contributed by atoms with van der Waals surface area (Å²) >= 11 is 0. The summed E-state index contributed by atoms with van der Waals surface area (Å²) in [5.41, 5.74) is 0. The van der Waals surface area contributed by atoms with Gasteiger partial charge < -0.3 is 4.74 Å². The Bertz CT molecular complexity index is 250. The summed E-state index contributed by atoms with van der Waals surface area (Å²) in [7, 11) is 0. The van der Waals surface area contributed by atoms with Crippen molar-refractivity contribution in [3.63, 3.8) is 0 Å². The Morgan fingerprint density at radius 3 is 2.22 bits per heavy atom. The van der Waals surface area contributed by atoms with Gasteiger partial charge in [0.25, 0.3) is 0 Å². The third kappa shape index (κ3) is 4.42. The first-order chi connectivity index (χ1) is 8.78. The second-order valence-corrected chi connectivity index (χ2v) is 6.49. The number of hydrogen-bond donors (Lipinski definition) is 0. The molecule has 0 saturated heterocycles. The Morgan fingerprint density at radius 2 is 1.61 bits per heavy atom. The lowest BCUT2D eigenvalue weighted by molar-refractivity contribution is 0.00505. The Morgan fingerprint density at radius 1 is 0.944 bits per heavy atom. The molecule has 0 amide bonds. The van der Waals surface area contributed by atoms with Crippen molar-refractivity contribution >= 4 is 0 Å². The minimum atomic E-state index is 0.558. The first-order valence-corrected chi connectivity index (χ1v) is 8.07. The minimum absolute atomic E-state index is 0.558. The molecule has 0 aromatic heterocycles. The molecule has 0 aromatic rings. The van der Waals surface area contributed by atoms with Crippen LogP contribution in [0.15, 0.2) is 12.2 Å². The predicted octanol–water partition coefficient (Wildman–Crippen LogP) is 4.96. The molecule has 0 bridgehead atoms. The normalized spacial score (nSPS) is 36.8. The van der Waals surface area contributed by atoms with Crippen molar-refractivity contribution in [3.05, 3.63) is 12.2 Å². The average molecular weight is 250 g/mol. The fraction of sp³-hybridized carbons (Fsp3) is 0.882. The molecule has 0 spiro atoms. The largest absolute Gasteiger partial charge is 0.378 e. The van der Waals surface area contributed by atoms with E-state index in [1.807, 2.05) is 0 Å². The van der Waals surface area contributed by atoms with Crippen LogP contribution in [-0.2, 0) is 4.74 Å². The van der Waals surface area contributed by atoms with Gasteiger partial charge in [-0.3, -0.25) is 0 Å². The van der Waals surface area contributed by atoms with Crippen LogP contribution in [0.2, 0.25) is 0 Å². The molecule has 0 aliphatic heterocycles. The van der Waals surface area contributed by atoms with Crippen LogP contribution in [-0.4, -0.2) is 12.7 Å². The minimum Gasteiger partial charge on any atom is -0.378 e. The lowest BCUT2D eigenvalue weighted by Crippen LogP contribution is -2.24. The first kappa shape index (κ1) is 14.1. The third-order valence-electron chi connectivity index (χ3n) is 4.73. The van der Waals surface area contributed by atoms with Crippen molar-refractivity contribution in [1.29, 1.82) is 0 Å². The van der Waals surface area contributed by atoms with Gasteiger partial charge in [-0.15, -0.1) is 0 Å². The van der Waals surface area contributed by atoms with Crippen LogP contribution in [0.5, 0.6) is 0 Å². The summed E-state index contributed by atoms with van der Waals surface area (Å²) in [6.07, 6.45) is 16.1. The van der Waals surface area contributed by atoms with E-state index in [0.29, 0.717) is 12.0 Å². The highest BCUT2D eigenvalue weighted by atomic mass is 16.5. The van der Waals surface area contributed by atoms with Gasteiger partial charge in [-0.1, -0.05) is 32.4 Å². The second-order valence-electron chi connectivity index (χ2n) is 6.49. The van der Waals surface area contributed by atoms with Gasteiger partial charge in [0.15, 0.2) is 0 Å². The fourth-order valence-corrected chi connectivity index (χ4v) is 3.34. The first-order valence-electron chi connectivity index (χ1n) is 8.07.